The van der Waals surface area contributed by atoms with Crippen LogP contribution in [0.1, 0.15) is 17.2 Å². The summed E-state index contributed by atoms with van der Waals surface area (Å²) in [5.41, 5.74) is 3.91. The topological polar surface area (TPSA) is 83.0 Å². The Kier molecular flexibility index (Phi) is 6.02. The molecule has 2 amide bonds. The molecule has 34 heavy (non-hydrogen) atoms. The molecule has 0 bridgehead atoms. The average molecular weight is 458 g/mol. The molecule has 7 nitrogen and oxygen atoms in total. The molecule has 174 valence electrons. The Morgan fingerprint density at radius 2 is 1.76 bits per heavy atom. The highest BCUT2D eigenvalue weighted by Gasteiger charge is 2.54. The SMILES string of the molecule is COc1ccc(-c2ccc([C@@H]3[C@@H](CO)N4C(=O)CN(C(=O)Cc5ccccn5)C[C@H]34)cc2)cc1. The van der Waals surface area contributed by atoms with Gasteiger partial charge in [0.25, 0.3) is 0 Å². The van der Waals surface area contributed by atoms with Gasteiger partial charge >= 0.3 is 0 Å². The molecule has 0 aliphatic carbocycles. The van der Waals surface area contributed by atoms with E-state index in [1.165, 1.54) is 0 Å². The summed E-state index contributed by atoms with van der Waals surface area (Å²) in [5.74, 6) is 0.567. The number of hydrogen-bond donors (Lipinski definition) is 1. The van der Waals surface area contributed by atoms with Crippen LogP contribution in [0.2, 0.25) is 0 Å². The second-order valence-corrected chi connectivity index (χ2v) is 8.77. The number of ether oxygens (including phenoxy) is 1. The Morgan fingerprint density at radius 3 is 2.38 bits per heavy atom. The molecule has 3 atom stereocenters. The maximum absolute atomic E-state index is 12.9. The van der Waals surface area contributed by atoms with Crippen molar-refractivity contribution in [1.29, 1.82) is 0 Å². The number of piperazine rings is 1. The molecule has 2 aliphatic heterocycles. The third-order valence-electron chi connectivity index (χ3n) is 6.88. The standard InChI is InChI=1S/C27H27N3O4/c1-34-22-11-9-19(10-12-22)18-5-7-20(8-6-18)27-23-15-29(16-26(33)30(23)24(27)17-31)25(32)14-21-4-2-3-13-28-21/h2-13,23-24,27,31H,14-17H2,1H3/t23-,24-,27+/m1/s1. The van der Waals surface area contributed by atoms with E-state index in [2.05, 4.69) is 29.2 Å². The number of rotatable bonds is 6. The van der Waals surface area contributed by atoms with Crippen LogP contribution in [0, 0.1) is 0 Å². The molecule has 5 rings (SSSR count). The Bertz CT molecular complexity index is 1160. The molecular formula is C27H27N3O4. The van der Waals surface area contributed by atoms with Crippen LogP contribution in [-0.2, 0) is 16.0 Å². The van der Waals surface area contributed by atoms with Crippen molar-refractivity contribution in [3.8, 4) is 16.9 Å². The van der Waals surface area contributed by atoms with Gasteiger partial charge < -0.3 is 19.6 Å². The van der Waals surface area contributed by atoms with Crippen LogP contribution < -0.4 is 4.74 Å². The number of aliphatic hydroxyl groups is 1. The Hall–Kier alpha value is -3.71. The van der Waals surface area contributed by atoms with Crippen LogP contribution in [0.25, 0.3) is 11.1 Å². The van der Waals surface area contributed by atoms with Crippen molar-refractivity contribution in [1.82, 2.24) is 14.8 Å². The number of pyridine rings is 1. The summed E-state index contributed by atoms with van der Waals surface area (Å²) in [5, 5.41) is 10.0. The molecule has 7 heteroatoms. The fourth-order valence-corrected chi connectivity index (χ4v) is 5.14. The zero-order valence-corrected chi connectivity index (χ0v) is 19.0. The first-order valence-electron chi connectivity index (χ1n) is 11.4. The van der Waals surface area contributed by atoms with Gasteiger partial charge in [0.2, 0.25) is 11.8 Å². The van der Waals surface area contributed by atoms with Crippen LogP contribution in [-0.4, -0.2) is 70.6 Å². The molecule has 0 spiro atoms. The van der Waals surface area contributed by atoms with Crippen molar-refractivity contribution >= 4 is 11.8 Å². The van der Waals surface area contributed by atoms with Crippen LogP contribution >= 0.6 is 0 Å². The molecule has 2 aliphatic rings. The molecule has 1 N–H and O–H groups in total. The van der Waals surface area contributed by atoms with Gasteiger partial charge in [-0.2, -0.15) is 0 Å². The van der Waals surface area contributed by atoms with Crippen molar-refractivity contribution in [2.24, 2.45) is 0 Å². The van der Waals surface area contributed by atoms with Gasteiger partial charge in [-0.05, 0) is 41.0 Å². The number of amides is 2. The van der Waals surface area contributed by atoms with Crippen molar-refractivity contribution in [2.75, 3.05) is 26.8 Å². The summed E-state index contributed by atoms with van der Waals surface area (Å²) in [7, 11) is 1.65. The van der Waals surface area contributed by atoms with Crippen LogP contribution in [0.15, 0.2) is 72.9 Å². The number of hydrogen-bond acceptors (Lipinski definition) is 5. The summed E-state index contributed by atoms with van der Waals surface area (Å²) < 4.78 is 5.23. The number of benzene rings is 2. The smallest absolute Gasteiger partial charge is 0.242 e. The zero-order valence-electron chi connectivity index (χ0n) is 19.0. The number of nitrogens with zero attached hydrogens (tertiary/aromatic N) is 3. The minimum atomic E-state index is -0.266. The molecule has 3 heterocycles. The Morgan fingerprint density at radius 1 is 1.06 bits per heavy atom. The van der Waals surface area contributed by atoms with E-state index in [1.807, 2.05) is 42.5 Å². The van der Waals surface area contributed by atoms with E-state index >= 15 is 0 Å². The first kappa shape index (κ1) is 22.1. The van der Waals surface area contributed by atoms with E-state index < -0.39 is 0 Å². The summed E-state index contributed by atoms with van der Waals surface area (Å²) >= 11 is 0. The van der Waals surface area contributed by atoms with Crippen molar-refractivity contribution in [3.05, 3.63) is 84.2 Å². The number of carbonyl (C=O) groups excluding carboxylic acids is 2. The van der Waals surface area contributed by atoms with E-state index in [1.54, 1.807) is 23.1 Å². The monoisotopic (exact) mass is 457 g/mol. The minimum Gasteiger partial charge on any atom is -0.497 e. The maximum atomic E-state index is 12.9. The summed E-state index contributed by atoms with van der Waals surface area (Å²) in [6.45, 7) is 0.398. The molecule has 2 saturated heterocycles. The van der Waals surface area contributed by atoms with E-state index in [0.29, 0.717) is 12.2 Å². The average Bonchev–Trinajstić information content (AvgIpc) is 2.86. The van der Waals surface area contributed by atoms with E-state index in [0.717, 1.165) is 22.4 Å². The van der Waals surface area contributed by atoms with Crippen molar-refractivity contribution in [2.45, 2.75) is 24.4 Å². The summed E-state index contributed by atoms with van der Waals surface area (Å²) in [6, 6.07) is 21.2. The molecular weight excluding hydrogens is 430 g/mol. The van der Waals surface area contributed by atoms with E-state index in [-0.39, 0.29) is 49.4 Å². The summed E-state index contributed by atoms with van der Waals surface area (Å²) in [6.07, 6.45) is 1.83. The van der Waals surface area contributed by atoms with Gasteiger partial charge in [-0.15, -0.1) is 0 Å². The van der Waals surface area contributed by atoms with Gasteiger partial charge in [-0.25, -0.2) is 0 Å². The highest BCUT2D eigenvalue weighted by molar-refractivity contribution is 5.88. The lowest BCUT2D eigenvalue weighted by Gasteiger charge is -2.58. The highest BCUT2D eigenvalue weighted by atomic mass is 16.5. The molecule has 0 radical (unpaired) electrons. The molecule has 1 aromatic heterocycles. The van der Waals surface area contributed by atoms with Crippen LogP contribution in [0.3, 0.4) is 0 Å². The molecule has 2 aromatic carbocycles. The lowest BCUT2D eigenvalue weighted by molar-refractivity contribution is -0.166. The number of aliphatic hydroxyl groups excluding tert-OH is 1. The number of methoxy groups -OCH3 is 1. The quantitative estimate of drug-likeness (QED) is 0.615. The predicted octanol–water partition coefficient (Wildman–Crippen LogP) is 2.50. The Balaban J connectivity index is 1.33. The third kappa shape index (κ3) is 4.03. The lowest BCUT2D eigenvalue weighted by atomic mass is 9.73. The largest absolute Gasteiger partial charge is 0.497 e. The van der Waals surface area contributed by atoms with E-state index in [4.69, 9.17) is 4.74 Å². The number of aromatic nitrogens is 1. The predicted molar refractivity (Wildman–Crippen MR) is 127 cm³/mol. The summed E-state index contributed by atoms with van der Waals surface area (Å²) in [4.78, 5) is 33.4. The molecule has 3 aromatic rings. The Labute approximate surface area is 198 Å². The van der Waals surface area contributed by atoms with Crippen molar-refractivity contribution < 1.29 is 19.4 Å². The minimum absolute atomic E-state index is 0.0238. The maximum Gasteiger partial charge on any atom is 0.242 e. The third-order valence-corrected chi connectivity index (χ3v) is 6.88. The highest BCUT2D eigenvalue weighted by Crippen LogP contribution is 2.43. The normalized spacial score (nSPS) is 21.6. The second kappa shape index (κ2) is 9.27. The lowest BCUT2D eigenvalue weighted by Crippen LogP contribution is -2.73. The molecule has 0 unspecified atom stereocenters. The van der Waals surface area contributed by atoms with E-state index in [9.17, 15) is 14.7 Å². The van der Waals surface area contributed by atoms with Crippen LogP contribution in [0.4, 0.5) is 0 Å². The molecule has 2 fully saturated rings. The zero-order chi connectivity index (χ0) is 23.7. The molecule has 0 saturated carbocycles. The second-order valence-electron chi connectivity index (χ2n) is 8.77. The van der Waals surface area contributed by atoms with Gasteiger partial charge in [0.15, 0.2) is 0 Å². The van der Waals surface area contributed by atoms with Crippen molar-refractivity contribution in [3.63, 3.8) is 0 Å². The van der Waals surface area contributed by atoms with Gasteiger partial charge in [0.1, 0.15) is 5.75 Å². The van der Waals surface area contributed by atoms with Crippen LogP contribution in [0.5, 0.6) is 5.75 Å². The van der Waals surface area contributed by atoms with Gasteiger partial charge in [0, 0.05) is 24.4 Å². The fourth-order valence-electron chi connectivity index (χ4n) is 5.14. The van der Waals surface area contributed by atoms with Gasteiger partial charge in [0.05, 0.1) is 38.8 Å². The number of fused-ring (bicyclic) bond motifs is 1. The first-order valence-corrected chi connectivity index (χ1v) is 11.4. The first-order chi connectivity index (χ1) is 16.6. The fraction of sp³-hybridized carbons (Fsp3) is 0.296. The number of carbonyl (C=O) groups is 2. The van der Waals surface area contributed by atoms with Gasteiger partial charge in [-0.3, -0.25) is 14.6 Å². The van der Waals surface area contributed by atoms with Gasteiger partial charge in [-0.1, -0.05) is 42.5 Å².